The van der Waals surface area contributed by atoms with Crippen molar-refractivity contribution >= 4 is 0 Å². The molecule has 3 heteroatoms. The van der Waals surface area contributed by atoms with Crippen molar-refractivity contribution in [2.75, 3.05) is 0 Å². The summed E-state index contributed by atoms with van der Waals surface area (Å²) in [7, 11) is 0. The van der Waals surface area contributed by atoms with Crippen molar-refractivity contribution in [3.8, 4) is 0 Å². The number of hydroxylamine groups is 2. The van der Waals surface area contributed by atoms with Gasteiger partial charge in [-0.3, -0.25) is 0 Å². The molecule has 0 aromatic carbocycles. The first kappa shape index (κ1) is 8.21. The summed E-state index contributed by atoms with van der Waals surface area (Å²) < 4.78 is 0. The van der Waals surface area contributed by atoms with Crippen LogP contribution in [0.2, 0.25) is 0 Å². The van der Waals surface area contributed by atoms with Gasteiger partial charge in [-0.15, -0.1) is 10.3 Å². The van der Waals surface area contributed by atoms with E-state index in [4.69, 9.17) is 5.73 Å². The molecule has 0 aromatic heterocycles. The molecule has 0 aromatic rings. The minimum Gasteiger partial charge on any atom is -0.327 e. The quantitative estimate of drug-likeness (QED) is 0.604. The number of nitrogens with two attached hydrogens (primary N) is 1. The summed E-state index contributed by atoms with van der Waals surface area (Å²) in [5.41, 5.74) is 6.09. The first-order valence-electron chi connectivity index (χ1n) is 5.32. The fraction of sp³-hybridized carbons (Fsp3) is 1.00. The Morgan fingerprint density at radius 1 is 1.31 bits per heavy atom. The second-order valence-electron chi connectivity index (χ2n) is 5.45. The highest BCUT2D eigenvalue weighted by Crippen LogP contribution is 2.53. The van der Waals surface area contributed by atoms with Gasteiger partial charge in [0.1, 0.15) is 0 Å². The van der Waals surface area contributed by atoms with Crippen molar-refractivity contribution in [2.24, 2.45) is 17.6 Å². The maximum absolute atomic E-state index is 11.9. The zero-order chi connectivity index (χ0) is 9.22. The minimum atomic E-state index is -0.0631. The van der Waals surface area contributed by atoms with Crippen LogP contribution in [0.15, 0.2) is 0 Å². The van der Waals surface area contributed by atoms with Gasteiger partial charge in [-0.1, -0.05) is 0 Å². The molecule has 2 heterocycles. The van der Waals surface area contributed by atoms with Crippen LogP contribution in [0.4, 0.5) is 0 Å². The summed E-state index contributed by atoms with van der Waals surface area (Å²) in [5, 5.41) is 13.3. The molecule has 2 saturated heterocycles. The number of nitrogens with zero attached hydrogens (tertiary/aromatic N) is 1. The van der Waals surface area contributed by atoms with Gasteiger partial charge in [-0.25, -0.2) is 0 Å². The van der Waals surface area contributed by atoms with E-state index in [-0.39, 0.29) is 5.54 Å². The zero-order valence-corrected chi connectivity index (χ0v) is 8.07. The predicted octanol–water partition coefficient (Wildman–Crippen LogP) is 0.922. The topological polar surface area (TPSA) is 49.2 Å². The van der Waals surface area contributed by atoms with E-state index in [9.17, 15) is 5.21 Å². The van der Waals surface area contributed by atoms with Crippen LogP contribution in [0, 0.1) is 11.8 Å². The first-order chi connectivity index (χ1) is 6.10. The molecule has 2 aliphatic heterocycles. The van der Waals surface area contributed by atoms with Crippen molar-refractivity contribution < 1.29 is 5.21 Å². The van der Waals surface area contributed by atoms with Gasteiger partial charge in [-0.05, 0) is 44.4 Å². The average Bonchev–Trinajstić information content (AvgIpc) is 2.05. The Morgan fingerprint density at radius 3 is 2.31 bits per heavy atom. The molecule has 4 bridgehead atoms. The fourth-order valence-electron chi connectivity index (χ4n) is 3.96. The molecule has 73 valence electrons. The van der Waals surface area contributed by atoms with Gasteiger partial charge in [0.05, 0.1) is 0 Å². The van der Waals surface area contributed by atoms with Crippen LogP contribution in [0.5, 0.6) is 0 Å². The Bertz CT molecular complexity index is 227. The van der Waals surface area contributed by atoms with Gasteiger partial charge in [0.2, 0.25) is 0 Å². The number of hydrogen-bond donors (Lipinski definition) is 1. The maximum atomic E-state index is 11.9. The monoisotopic (exact) mass is 181 g/mol. The Morgan fingerprint density at radius 2 is 1.85 bits per heavy atom. The third kappa shape index (κ3) is 0.901. The fourth-order valence-corrected chi connectivity index (χ4v) is 3.96. The molecule has 2 aliphatic carbocycles. The summed E-state index contributed by atoms with van der Waals surface area (Å²) in [6.45, 7) is 2.12. The van der Waals surface area contributed by atoms with E-state index >= 15 is 0 Å². The summed E-state index contributed by atoms with van der Waals surface area (Å²) in [5.74, 6) is 1.26. The van der Waals surface area contributed by atoms with Gasteiger partial charge >= 0.3 is 0 Å². The molecule has 2 unspecified atom stereocenters. The van der Waals surface area contributed by atoms with Gasteiger partial charge in [0.15, 0.2) is 0 Å². The van der Waals surface area contributed by atoms with Crippen LogP contribution >= 0.6 is 0 Å². The summed E-state index contributed by atoms with van der Waals surface area (Å²) in [6.07, 6.45) is 4.17. The Labute approximate surface area is 78.9 Å². The minimum absolute atomic E-state index is 0.0631. The molecule has 4 aliphatic rings. The van der Waals surface area contributed by atoms with Gasteiger partial charge < -0.3 is 5.73 Å². The molecule has 2 atom stereocenters. The lowest BCUT2D eigenvalue weighted by Gasteiger charge is -2.60. The standard InChI is InChI=1S/C10H17N2O/c1-10-4-6-2-8(12(10)13)3-7(5-10)9(6)11/h6-9H,2-5,11H2,1H3. The van der Waals surface area contributed by atoms with Crippen LogP contribution in [0.25, 0.3) is 0 Å². The lowest BCUT2D eigenvalue weighted by Crippen LogP contribution is -2.68. The highest BCUT2D eigenvalue weighted by Gasteiger charge is 2.57. The molecule has 13 heavy (non-hydrogen) atoms. The molecular formula is C10H17N2O. The number of hydrogen-bond acceptors (Lipinski definition) is 2. The van der Waals surface area contributed by atoms with E-state index in [1.54, 1.807) is 0 Å². The van der Waals surface area contributed by atoms with E-state index in [0.717, 1.165) is 25.7 Å². The smallest absolute Gasteiger partial charge is 0.0475 e. The SMILES string of the molecule is CC12CC3CC(CC(C1)C3N)N2[O]. The van der Waals surface area contributed by atoms with E-state index < -0.39 is 0 Å². The van der Waals surface area contributed by atoms with Crippen molar-refractivity contribution in [1.82, 2.24) is 5.06 Å². The molecule has 2 saturated carbocycles. The van der Waals surface area contributed by atoms with Crippen LogP contribution in [-0.4, -0.2) is 22.7 Å². The Hall–Kier alpha value is -0.120. The maximum Gasteiger partial charge on any atom is 0.0475 e. The Balaban J connectivity index is 1.97. The second-order valence-corrected chi connectivity index (χ2v) is 5.45. The van der Waals surface area contributed by atoms with Crippen LogP contribution in [0.3, 0.4) is 0 Å². The molecular weight excluding hydrogens is 164 g/mol. The highest BCUT2D eigenvalue weighted by molar-refractivity contribution is 5.09. The molecule has 4 fully saturated rings. The van der Waals surface area contributed by atoms with Crippen molar-refractivity contribution in [1.29, 1.82) is 0 Å². The van der Waals surface area contributed by atoms with Gasteiger partial charge in [0.25, 0.3) is 0 Å². The third-order valence-corrected chi connectivity index (χ3v) is 4.51. The lowest BCUT2D eigenvalue weighted by atomic mass is 9.57. The van der Waals surface area contributed by atoms with E-state index in [2.05, 4.69) is 6.92 Å². The largest absolute Gasteiger partial charge is 0.327 e. The van der Waals surface area contributed by atoms with E-state index in [1.165, 1.54) is 5.06 Å². The van der Waals surface area contributed by atoms with Crippen molar-refractivity contribution in [2.45, 2.75) is 50.2 Å². The second kappa shape index (κ2) is 2.27. The molecule has 1 radical (unpaired) electrons. The molecule has 0 spiro atoms. The van der Waals surface area contributed by atoms with E-state index in [1.807, 2.05) is 0 Å². The average molecular weight is 181 g/mol. The summed E-state index contributed by atoms with van der Waals surface area (Å²) >= 11 is 0. The van der Waals surface area contributed by atoms with Crippen molar-refractivity contribution in [3.63, 3.8) is 0 Å². The van der Waals surface area contributed by atoms with Crippen LogP contribution in [0.1, 0.15) is 32.6 Å². The van der Waals surface area contributed by atoms with Gasteiger partial charge in [0, 0.05) is 17.6 Å². The summed E-state index contributed by atoms with van der Waals surface area (Å²) in [4.78, 5) is 0. The van der Waals surface area contributed by atoms with Gasteiger partial charge in [-0.2, -0.15) is 0 Å². The van der Waals surface area contributed by atoms with Crippen LogP contribution in [-0.2, 0) is 5.21 Å². The molecule has 2 N–H and O–H groups in total. The number of piperidine rings is 2. The Kier molecular flexibility index (Phi) is 1.43. The normalized spacial score (nSPS) is 60.2. The lowest BCUT2D eigenvalue weighted by molar-refractivity contribution is -0.310. The zero-order valence-electron chi connectivity index (χ0n) is 8.07. The molecule has 0 amide bonds. The van der Waals surface area contributed by atoms with Crippen LogP contribution < -0.4 is 5.73 Å². The van der Waals surface area contributed by atoms with Crippen molar-refractivity contribution in [3.05, 3.63) is 0 Å². The molecule has 3 nitrogen and oxygen atoms in total. The third-order valence-electron chi connectivity index (χ3n) is 4.51. The molecule has 4 rings (SSSR count). The van der Waals surface area contributed by atoms with E-state index in [0.29, 0.717) is 23.9 Å². The first-order valence-corrected chi connectivity index (χ1v) is 5.32. The summed E-state index contributed by atoms with van der Waals surface area (Å²) in [6, 6.07) is 0.681. The highest BCUT2D eigenvalue weighted by atomic mass is 16.5. The predicted molar refractivity (Wildman–Crippen MR) is 48.1 cm³/mol. The number of rotatable bonds is 0.